The molecule has 2 aromatic rings. The predicted molar refractivity (Wildman–Crippen MR) is 181 cm³/mol. The van der Waals surface area contributed by atoms with Crippen LogP contribution in [0.3, 0.4) is 0 Å². The molecule has 3 saturated heterocycles. The van der Waals surface area contributed by atoms with E-state index in [2.05, 4.69) is 34.0 Å². The van der Waals surface area contributed by atoms with E-state index in [4.69, 9.17) is 66.6 Å². The van der Waals surface area contributed by atoms with Gasteiger partial charge in [-0.1, -0.05) is 12.1 Å². The number of benzene rings is 1. The molecule has 25 nitrogen and oxygen atoms in total. The second kappa shape index (κ2) is 23.9. The van der Waals surface area contributed by atoms with Gasteiger partial charge in [-0.2, -0.15) is 0 Å². The molecule has 4 heterocycles. The maximum absolute atomic E-state index is 13.7. The number of nitrogens with zero attached hydrogens (tertiary/aromatic N) is 6. The van der Waals surface area contributed by atoms with Crippen molar-refractivity contribution in [1.29, 1.82) is 0 Å². The average molecular weight is 974 g/mol. The van der Waals surface area contributed by atoms with Gasteiger partial charge >= 0.3 is 165 Å². The molecule has 38 heteroatoms. The second-order valence-corrected chi connectivity index (χ2v) is 20.2. The molecule has 0 aliphatic carbocycles. The molecular formula is C18H39F6N6O19P7. The minimum Gasteiger partial charge on any atom is -0.299 e. The van der Waals surface area contributed by atoms with Crippen molar-refractivity contribution in [3.63, 3.8) is 0 Å². The Balaban J connectivity index is 0.000000749. The summed E-state index contributed by atoms with van der Waals surface area (Å²) in [5.74, 6) is 0. The van der Waals surface area contributed by atoms with E-state index in [9.17, 15) is 39.2 Å². The number of rotatable bonds is 8. The van der Waals surface area contributed by atoms with Gasteiger partial charge in [-0.15, -0.1) is 26.1 Å². The summed E-state index contributed by atoms with van der Waals surface area (Å²) in [5, 5.41) is 7.05. The molecule has 2 atom stereocenters. The Labute approximate surface area is 313 Å². The summed E-state index contributed by atoms with van der Waals surface area (Å²) in [6.45, 7) is 5.08. The van der Waals surface area contributed by atoms with Gasteiger partial charge in [0.25, 0.3) is 0 Å². The van der Waals surface area contributed by atoms with Crippen molar-refractivity contribution in [2.45, 2.75) is 38.5 Å². The number of halogens is 6. The molecule has 3 aliphatic heterocycles. The van der Waals surface area contributed by atoms with Crippen LogP contribution < -0.4 is 4.99 Å². The number of aromatic nitrogens is 3. The van der Waals surface area contributed by atoms with E-state index in [-0.39, 0.29) is 0 Å². The summed E-state index contributed by atoms with van der Waals surface area (Å²) in [7, 11) is -33.8. The van der Waals surface area contributed by atoms with Crippen molar-refractivity contribution in [2.75, 3.05) is 39.3 Å². The molecule has 3 aliphatic rings. The fraction of sp³-hybridized carbons (Fsp3) is 0.667. The smallest absolute Gasteiger partial charge is 0.299 e. The summed E-state index contributed by atoms with van der Waals surface area (Å²) in [4.78, 5) is 78.1. The predicted octanol–water partition coefficient (Wildman–Crippen LogP) is 3.83. The zero-order valence-electron chi connectivity index (χ0n) is 28.1. The molecule has 0 amide bonds. The molecule has 3 fully saturated rings. The fourth-order valence-electron chi connectivity index (χ4n) is 4.92. The molecular weight excluding hydrogens is 935 g/mol. The molecule has 2 unspecified atom stereocenters. The van der Waals surface area contributed by atoms with Crippen LogP contribution in [0.25, 0.3) is 11.0 Å². The summed E-state index contributed by atoms with van der Waals surface area (Å²) in [6.07, 6.45) is 6.34. The quantitative estimate of drug-likeness (QED) is 0.0777. The van der Waals surface area contributed by atoms with Gasteiger partial charge in [0.2, 0.25) is 0 Å². The molecule has 10 N–H and O–H groups in total. The molecule has 0 saturated carbocycles. The van der Waals surface area contributed by atoms with Gasteiger partial charge in [-0.05, 0) is 26.9 Å². The van der Waals surface area contributed by atoms with E-state index < -0.39 is 55.4 Å². The molecule has 5 rings (SSSR count). The third-order valence-electron chi connectivity index (χ3n) is 6.31. The third-order valence-corrected chi connectivity index (χ3v) is 12.3. The van der Waals surface area contributed by atoms with Gasteiger partial charge in [-0.25, -0.2) is 27.8 Å². The van der Waals surface area contributed by atoms with Crippen LogP contribution in [-0.4, -0.2) is 117 Å². The SMILES string of the molecule is O=P(O)(F)OOn1nnc2ccccc21.O=P(O)(F)O[PH](N1CCCC1)(N1CCCC1)N1CCCC1.O=P(O)(O)F.O=P(O)(O)F.O=P(O)(O)F.O=P(O)(O)F. The molecule has 0 bridgehead atoms. The Morgan fingerprint density at radius 3 is 1.12 bits per heavy atom. The Kier molecular flexibility index (Phi) is 23.5. The maximum Gasteiger partial charge on any atom is 0.507 e. The van der Waals surface area contributed by atoms with Crippen molar-refractivity contribution in [2.24, 2.45) is 0 Å². The van der Waals surface area contributed by atoms with Crippen molar-refractivity contribution in [1.82, 2.24) is 29.2 Å². The Hall–Kier alpha value is -0.790. The summed E-state index contributed by atoms with van der Waals surface area (Å²) in [6, 6.07) is 6.59. The van der Waals surface area contributed by atoms with E-state index in [0.29, 0.717) is 15.9 Å². The summed E-state index contributed by atoms with van der Waals surface area (Å²) in [5.41, 5.74) is 0.860. The zero-order chi connectivity index (χ0) is 43.8. The number of hydrogen-bond acceptors (Lipinski definition) is 14. The van der Waals surface area contributed by atoms with Gasteiger partial charge in [0.15, 0.2) is 0 Å². The van der Waals surface area contributed by atoms with Gasteiger partial charge in [-0.3, -0.25) is 44.0 Å². The van der Waals surface area contributed by atoms with E-state index in [1.807, 2.05) is 0 Å². The third kappa shape index (κ3) is 29.4. The first kappa shape index (κ1) is 55.2. The van der Waals surface area contributed by atoms with Gasteiger partial charge in [0.1, 0.15) is 11.0 Å². The first-order valence-corrected chi connectivity index (χ1v) is 25.5. The van der Waals surface area contributed by atoms with Crippen molar-refractivity contribution in [3.05, 3.63) is 24.3 Å². The van der Waals surface area contributed by atoms with Crippen LogP contribution >= 0.6 is 55.4 Å². The van der Waals surface area contributed by atoms with Crippen LogP contribution in [0, 0.1) is 0 Å². The fourth-order valence-corrected chi connectivity index (χ4v) is 11.6. The molecule has 1 aromatic heterocycles. The zero-order valence-corrected chi connectivity index (χ0v) is 34.4. The minimum atomic E-state index is -5.20. The molecule has 1 aromatic carbocycles. The van der Waals surface area contributed by atoms with Crippen LogP contribution in [0.5, 0.6) is 0 Å². The van der Waals surface area contributed by atoms with Crippen LogP contribution in [-0.2, 0) is 36.4 Å². The largest absolute Gasteiger partial charge is 0.507 e. The Morgan fingerprint density at radius 2 is 0.839 bits per heavy atom. The Bertz CT molecular complexity index is 1600. The van der Waals surface area contributed by atoms with Crippen molar-refractivity contribution in [3.8, 4) is 0 Å². The first-order valence-electron chi connectivity index (χ1n) is 14.8. The molecule has 0 radical (unpaired) electrons. The first-order chi connectivity index (χ1) is 25.1. The van der Waals surface area contributed by atoms with Crippen LogP contribution in [0.15, 0.2) is 24.3 Å². The van der Waals surface area contributed by atoms with E-state index >= 15 is 0 Å². The minimum absolute atomic E-state index is 0.381. The van der Waals surface area contributed by atoms with Gasteiger partial charge < -0.3 is 0 Å². The van der Waals surface area contributed by atoms with Crippen LogP contribution in [0.4, 0.5) is 25.2 Å². The van der Waals surface area contributed by atoms with Crippen LogP contribution in [0.2, 0.25) is 0 Å². The van der Waals surface area contributed by atoms with Gasteiger partial charge in [0.05, 0.1) is 0 Å². The summed E-state index contributed by atoms with van der Waals surface area (Å²) >= 11 is 0. The van der Waals surface area contributed by atoms with Crippen molar-refractivity contribution < 1.29 is 115 Å². The number of para-hydroxylation sites is 1. The maximum atomic E-state index is 13.7. The monoisotopic (exact) mass is 974 g/mol. The normalized spacial score (nSPS) is 19.5. The number of hydrogen-bond donors (Lipinski definition) is 10. The molecule has 332 valence electrons. The van der Waals surface area contributed by atoms with Crippen molar-refractivity contribution >= 4 is 66.4 Å². The Morgan fingerprint density at radius 1 is 0.536 bits per heavy atom. The second-order valence-electron chi connectivity index (χ2n) is 10.6. The van der Waals surface area contributed by atoms with E-state index in [0.717, 1.165) is 77.8 Å². The topological polar surface area (TPSA) is 373 Å². The van der Waals surface area contributed by atoms with Gasteiger partial charge in [0, 0.05) is 0 Å². The standard InChI is InChI=1S/C12H26FN3O3P2.C6H5FN3O4P.4FH2O3P/c13-20(17,18)19-21(14-7-1-2-8-14,15-9-3-4-10-15)16-11-5-6-12-16;7-15(11,12)14-13-10-6-4-2-1-3-5(6)8-9-10;4*1-5(2,3)4/h21H,1-12H2,(H,17,18);1-4H,(H,11,12);4*(H2,2,3,4). The van der Waals surface area contributed by atoms with Crippen LogP contribution in [0.1, 0.15) is 38.5 Å². The van der Waals surface area contributed by atoms with E-state index in [1.165, 1.54) is 0 Å². The number of fused-ring (bicyclic) bond motifs is 1. The average Bonchev–Trinajstić information content (AvgIpc) is 3.80. The summed E-state index contributed by atoms with van der Waals surface area (Å²) < 4.78 is 139. The van der Waals surface area contributed by atoms with E-state index in [1.54, 1.807) is 24.3 Å². The molecule has 0 spiro atoms. The molecule has 56 heavy (non-hydrogen) atoms.